The smallest absolute Gasteiger partial charge is 0.309 e. The molecule has 4 bridgehead atoms. The minimum atomic E-state index is -0.950. The number of carboxylic acid groups (broad SMARTS) is 2. The molecule has 0 spiro atoms. The van der Waals surface area contributed by atoms with Gasteiger partial charge in [0.1, 0.15) is 0 Å². The van der Waals surface area contributed by atoms with Crippen molar-refractivity contribution >= 4 is 11.9 Å². The number of hydrogen-bond donors (Lipinski definition) is 2. The summed E-state index contributed by atoms with van der Waals surface area (Å²) in [5.74, 6) is -1.67. The molecule has 4 rings (SSSR count). The molecule has 0 amide bonds. The van der Waals surface area contributed by atoms with Crippen molar-refractivity contribution in [1.29, 1.82) is 0 Å². The van der Waals surface area contributed by atoms with Gasteiger partial charge in [0.05, 0.1) is 28.8 Å². The zero-order chi connectivity index (χ0) is 18.4. The van der Waals surface area contributed by atoms with Crippen molar-refractivity contribution in [3.63, 3.8) is 0 Å². The monoisotopic (exact) mass is 366 g/mol. The van der Waals surface area contributed by atoms with Crippen LogP contribution in [0.15, 0.2) is 0 Å². The Balaban J connectivity index is 1.57. The molecule has 4 heterocycles. The van der Waals surface area contributed by atoms with Gasteiger partial charge in [-0.25, -0.2) is 0 Å². The third-order valence-electron chi connectivity index (χ3n) is 7.34. The molecule has 0 unspecified atom stereocenters. The Hall–Kier alpha value is -1.14. The van der Waals surface area contributed by atoms with Crippen molar-refractivity contribution in [2.24, 2.45) is 5.41 Å². The van der Waals surface area contributed by atoms with Gasteiger partial charge in [0.2, 0.25) is 0 Å². The maximum absolute atomic E-state index is 12.6. The average molecular weight is 366 g/mol. The third kappa shape index (κ3) is 3.26. The number of hydrogen-bond acceptors (Lipinski definition) is 4. The van der Waals surface area contributed by atoms with Gasteiger partial charge in [0.15, 0.2) is 0 Å². The van der Waals surface area contributed by atoms with Gasteiger partial charge in [-0.1, -0.05) is 0 Å². The van der Waals surface area contributed by atoms with Gasteiger partial charge >= 0.3 is 11.9 Å². The van der Waals surface area contributed by atoms with Crippen LogP contribution >= 0.6 is 0 Å². The lowest BCUT2D eigenvalue weighted by Gasteiger charge is -2.41. The summed E-state index contributed by atoms with van der Waals surface area (Å²) in [5.41, 5.74) is -1.59. The van der Waals surface area contributed by atoms with E-state index in [1.165, 1.54) is 0 Å². The number of fused-ring (bicyclic) bond motifs is 4. The highest BCUT2D eigenvalue weighted by atomic mass is 16.5. The second kappa shape index (κ2) is 6.48. The lowest BCUT2D eigenvalue weighted by molar-refractivity contribution is -0.161. The van der Waals surface area contributed by atoms with Crippen LogP contribution in [0.25, 0.3) is 0 Å². The Kier molecular flexibility index (Phi) is 4.55. The average Bonchev–Trinajstić information content (AvgIpc) is 3.34. The van der Waals surface area contributed by atoms with Crippen LogP contribution in [-0.2, 0) is 19.1 Å². The Bertz CT molecular complexity index is 537. The number of carboxylic acids is 2. The fraction of sp³-hybridized carbons (Fsp3) is 0.900. The van der Waals surface area contributed by atoms with Gasteiger partial charge in [-0.2, -0.15) is 0 Å². The lowest BCUT2D eigenvalue weighted by atomic mass is 9.64. The van der Waals surface area contributed by atoms with Gasteiger partial charge < -0.3 is 19.7 Å². The second-order valence-corrected chi connectivity index (χ2v) is 9.19. The van der Waals surface area contributed by atoms with E-state index in [-0.39, 0.29) is 29.8 Å². The first kappa shape index (κ1) is 18.2. The predicted octanol–water partition coefficient (Wildman–Crippen LogP) is 3.52. The zero-order valence-corrected chi connectivity index (χ0v) is 15.4. The minimum absolute atomic E-state index is 0.0159. The highest BCUT2D eigenvalue weighted by molar-refractivity contribution is 5.75. The molecule has 0 aromatic carbocycles. The first-order valence-corrected chi connectivity index (χ1v) is 10.2. The fourth-order valence-electron chi connectivity index (χ4n) is 6.16. The fourth-order valence-corrected chi connectivity index (χ4v) is 6.16. The van der Waals surface area contributed by atoms with Gasteiger partial charge in [0, 0.05) is 6.42 Å². The summed E-state index contributed by atoms with van der Waals surface area (Å²) < 4.78 is 12.4. The number of aliphatic carboxylic acids is 2. The summed E-state index contributed by atoms with van der Waals surface area (Å²) >= 11 is 0. The van der Waals surface area contributed by atoms with Crippen LogP contribution in [0, 0.1) is 5.41 Å². The molecule has 2 N–H and O–H groups in total. The van der Waals surface area contributed by atoms with Crippen molar-refractivity contribution in [2.75, 3.05) is 0 Å². The maximum Gasteiger partial charge on any atom is 0.309 e. The van der Waals surface area contributed by atoms with Crippen molar-refractivity contribution in [2.45, 2.75) is 107 Å². The SMILES string of the molecule is O=C(O)CCCC(CC12CCC(CC1)O2)(CC12CCC(CC1)O2)C(=O)O. The molecule has 0 aromatic heterocycles. The number of carbonyl (C=O) groups is 2. The molecule has 4 saturated heterocycles. The molecule has 0 radical (unpaired) electrons. The largest absolute Gasteiger partial charge is 0.481 e. The maximum atomic E-state index is 12.6. The van der Waals surface area contributed by atoms with Gasteiger partial charge in [-0.15, -0.1) is 0 Å². The second-order valence-electron chi connectivity index (χ2n) is 9.19. The Morgan fingerprint density at radius 3 is 1.65 bits per heavy atom. The topological polar surface area (TPSA) is 93.1 Å². The van der Waals surface area contributed by atoms with Gasteiger partial charge in [-0.3, -0.25) is 9.59 Å². The summed E-state index contributed by atoms with van der Waals surface area (Å²) in [5, 5.41) is 19.3. The van der Waals surface area contributed by atoms with E-state index >= 15 is 0 Å². The van der Waals surface area contributed by atoms with Crippen molar-refractivity contribution in [3.8, 4) is 0 Å². The number of rotatable bonds is 9. The van der Waals surface area contributed by atoms with E-state index in [9.17, 15) is 14.7 Å². The van der Waals surface area contributed by atoms with Crippen molar-refractivity contribution < 1.29 is 29.3 Å². The van der Waals surface area contributed by atoms with E-state index in [0.717, 1.165) is 51.4 Å². The van der Waals surface area contributed by atoms with Crippen LogP contribution in [0.5, 0.6) is 0 Å². The molecule has 4 aliphatic rings. The molecule has 26 heavy (non-hydrogen) atoms. The summed E-state index contributed by atoms with van der Waals surface area (Å²) in [6, 6.07) is 0. The minimum Gasteiger partial charge on any atom is -0.481 e. The predicted molar refractivity (Wildman–Crippen MR) is 92.9 cm³/mol. The van der Waals surface area contributed by atoms with Crippen LogP contribution in [0.1, 0.15) is 83.5 Å². The van der Waals surface area contributed by atoms with Gasteiger partial charge in [0.25, 0.3) is 0 Å². The molecule has 4 aliphatic heterocycles. The van der Waals surface area contributed by atoms with E-state index in [4.69, 9.17) is 14.6 Å². The van der Waals surface area contributed by atoms with Gasteiger partial charge in [-0.05, 0) is 77.0 Å². The summed E-state index contributed by atoms with van der Waals surface area (Å²) in [7, 11) is 0. The summed E-state index contributed by atoms with van der Waals surface area (Å²) in [6.45, 7) is 0. The third-order valence-corrected chi connectivity index (χ3v) is 7.34. The van der Waals surface area contributed by atoms with Crippen molar-refractivity contribution in [1.82, 2.24) is 0 Å². The normalized spacial score (nSPS) is 40.0. The van der Waals surface area contributed by atoms with E-state index < -0.39 is 17.4 Å². The molecule has 0 aromatic rings. The lowest BCUT2D eigenvalue weighted by Crippen LogP contribution is -2.45. The molecule has 6 heteroatoms. The summed E-state index contributed by atoms with van der Waals surface area (Å²) in [4.78, 5) is 23.6. The standard InChI is InChI=1S/C20H30O6/c21-16(22)2-1-7-18(17(23)24,12-19-8-3-14(25-19)4-9-19)13-20-10-5-15(26-20)6-11-20/h14-15H,1-13H2,(H,21,22)(H,23,24). The van der Waals surface area contributed by atoms with Crippen LogP contribution in [0.2, 0.25) is 0 Å². The van der Waals surface area contributed by atoms with E-state index in [2.05, 4.69) is 0 Å². The first-order chi connectivity index (χ1) is 12.3. The quantitative estimate of drug-likeness (QED) is 0.648. The molecule has 0 aliphatic carbocycles. The highest BCUT2D eigenvalue weighted by Crippen LogP contribution is 2.56. The molecule has 0 saturated carbocycles. The highest BCUT2D eigenvalue weighted by Gasteiger charge is 2.57. The zero-order valence-electron chi connectivity index (χ0n) is 15.4. The van der Waals surface area contributed by atoms with Crippen molar-refractivity contribution in [3.05, 3.63) is 0 Å². The van der Waals surface area contributed by atoms with Crippen LogP contribution in [0.4, 0.5) is 0 Å². The van der Waals surface area contributed by atoms with Crippen LogP contribution in [0.3, 0.4) is 0 Å². The Labute approximate surface area is 154 Å². The molecular formula is C20H30O6. The Morgan fingerprint density at radius 2 is 1.35 bits per heavy atom. The first-order valence-electron chi connectivity index (χ1n) is 10.2. The molecule has 0 atom stereocenters. The summed E-state index contributed by atoms with van der Waals surface area (Å²) in [6.07, 6.45) is 10.2. The van der Waals surface area contributed by atoms with Crippen LogP contribution in [-0.4, -0.2) is 45.6 Å². The molecule has 4 fully saturated rings. The van der Waals surface area contributed by atoms with E-state index in [0.29, 0.717) is 25.7 Å². The molecule has 146 valence electrons. The molecule has 6 nitrogen and oxygen atoms in total. The van der Waals surface area contributed by atoms with E-state index in [1.807, 2.05) is 0 Å². The molecular weight excluding hydrogens is 336 g/mol. The van der Waals surface area contributed by atoms with E-state index in [1.54, 1.807) is 0 Å². The number of ether oxygens (including phenoxy) is 2. The Morgan fingerprint density at radius 1 is 0.885 bits per heavy atom. The van der Waals surface area contributed by atoms with Crippen LogP contribution < -0.4 is 0 Å².